The van der Waals surface area contributed by atoms with Crippen LogP contribution in [0.2, 0.25) is 0 Å². The van der Waals surface area contributed by atoms with E-state index in [0.717, 1.165) is 0 Å². The molecule has 7 N–H and O–H groups in total. The number of likely N-dealkylation sites (N-methyl/N-ethyl adjacent to an activating group) is 1. The number of rotatable bonds is 11. The van der Waals surface area contributed by atoms with Gasteiger partial charge < -0.3 is 74.2 Å². The SMILES string of the molecule is CCOC[C@]1(O)[C@H](C)O[C@@H](O[C@H]2[C@H](C)[C@@H](O[C@@H]3O[C@H](C)C[C@H](N(C)C(=O)Nc4ccccc4)[C@H]3O)[C@](C)(O)C[C@@H](C)CN[C@H](C)[C@@H](O)[C@](C)(O)[C@@H](CC)OC(=O)[C@@H]2C)C[C@@]1(C)OC. The average Bonchev–Trinajstić information content (AvgIpc) is 3.23. The maximum atomic E-state index is 14.4. The van der Waals surface area contributed by atoms with E-state index in [4.69, 9.17) is 33.2 Å². The van der Waals surface area contributed by atoms with E-state index in [0.29, 0.717) is 18.8 Å². The number of aliphatic hydroxyl groups is 5. The first-order chi connectivity index (χ1) is 29.4. The minimum atomic E-state index is -1.86. The molecule has 0 radical (unpaired) electrons. The smallest absolute Gasteiger partial charge is 0.321 e. The monoisotopic (exact) mass is 898 g/mol. The van der Waals surface area contributed by atoms with Crippen LogP contribution in [0.15, 0.2) is 30.3 Å². The Morgan fingerprint density at radius 3 is 2.22 bits per heavy atom. The number of carbonyl (C=O) groups excluding carboxylic acids is 2. The van der Waals surface area contributed by atoms with Crippen molar-refractivity contribution in [3.05, 3.63) is 30.3 Å². The molecule has 3 heterocycles. The van der Waals surface area contributed by atoms with Crippen LogP contribution in [0.25, 0.3) is 0 Å². The van der Waals surface area contributed by atoms with Crippen LogP contribution in [0.4, 0.5) is 10.5 Å². The lowest BCUT2D eigenvalue weighted by Gasteiger charge is -2.53. The van der Waals surface area contributed by atoms with Crippen LogP contribution in [0.1, 0.15) is 102 Å². The van der Waals surface area contributed by atoms with Crippen molar-refractivity contribution in [1.29, 1.82) is 0 Å². The third kappa shape index (κ3) is 12.1. The van der Waals surface area contributed by atoms with E-state index in [1.807, 2.05) is 26.8 Å². The summed E-state index contributed by atoms with van der Waals surface area (Å²) < 4.78 is 44.0. The molecule has 0 spiro atoms. The fourth-order valence-electron chi connectivity index (χ4n) is 9.70. The van der Waals surface area contributed by atoms with Gasteiger partial charge in [0, 0.05) is 44.8 Å². The van der Waals surface area contributed by atoms with Crippen LogP contribution < -0.4 is 10.6 Å². The van der Waals surface area contributed by atoms with Gasteiger partial charge in [-0.3, -0.25) is 4.79 Å². The Balaban J connectivity index is 1.79. The van der Waals surface area contributed by atoms with Gasteiger partial charge in [-0.15, -0.1) is 0 Å². The van der Waals surface area contributed by atoms with Crippen LogP contribution in [0, 0.1) is 17.8 Å². The van der Waals surface area contributed by atoms with Crippen molar-refractivity contribution < 1.29 is 68.3 Å². The van der Waals surface area contributed by atoms with Gasteiger partial charge in [-0.05, 0) is 99.2 Å². The van der Waals surface area contributed by atoms with E-state index in [-0.39, 0.29) is 38.2 Å². The van der Waals surface area contributed by atoms with Crippen LogP contribution in [-0.4, -0.2) is 166 Å². The van der Waals surface area contributed by atoms with Crippen molar-refractivity contribution >= 4 is 17.7 Å². The number of cyclic esters (lactones) is 1. The minimum Gasteiger partial charge on any atom is -0.459 e. The molecule has 3 saturated heterocycles. The fourth-order valence-corrected chi connectivity index (χ4v) is 9.70. The molecule has 0 bridgehead atoms. The number of benzene rings is 1. The molecular weight excluding hydrogens is 819 g/mol. The molecule has 0 saturated carbocycles. The zero-order valence-electron chi connectivity index (χ0n) is 39.8. The van der Waals surface area contributed by atoms with Gasteiger partial charge in [0.05, 0.1) is 48.6 Å². The second kappa shape index (κ2) is 21.9. The zero-order chi connectivity index (χ0) is 47.2. The maximum Gasteiger partial charge on any atom is 0.321 e. The topological polar surface area (TPSA) is 227 Å². The van der Waals surface area contributed by atoms with Gasteiger partial charge >= 0.3 is 12.0 Å². The number of esters is 1. The van der Waals surface area contributed by atoms with Gasteiger partial charge in [0.25, 0.3) is 0 Å². The summed E-state index contributed by atoms with van der Waals surface area (Å²) >= 11 is 0. The van der Waals surface area contributed by atoms with Gasteiger partial charge in [-0.2, -0.15) is 0 Å². The summed E-state index contributed by atoms with van der Waals surface area (Å²) in [5.41, 5.74) is -5.80. The first-order valence-electron chi connectivity index (χ1n) is 22.7. The lowest BCUT2D eigenvalue weighted by atomic mass is 9.75. The summed E-state index contributed by atoms with van der Waals surface area (Å²) in [5, 5.41) is 66.0. The number of hydrogen-bond acceptors (Lipinski definition) is 15. The van der Waals surface area contributed by atoms with E-state index in [1.165, 1.54) is 18.9 Å². The van der Waals surface area contributed by atoms with Gasteiger partial charge in [-0.1, -0.05) is 39.0 Å². The highest BCUT2D eigenvalue weighted by Crippen LogP contribution is 2.43. The summed E-state index contributed by atoms with van der Waals surface area (Å²) in [6.07, 6.45) is -9.42. The quantitative estimate of drug-likeness (QED) is 0.158. The van der Waals surface area contributed by atoms with Crippen molar-refractivity contribution in [1.82, 2.24) is 10.2 Å². The number of amides is 2. The Bertz CT molecular complexity index is 1610. The van der Waals surface area contributed by atoms with Crippen LogP contribution in [0.5, 0.6) is 0 Å². The number of hydrogen-bond donors (Lipinski definition) is 7. The number of urea groups is 1. The maximum absolute atomic E-state index is 14.4. The number of ether oxygens (including phenoxy) is 7. The Hall–Kier alpha value is -2.52. The predicted octanol–water partition coefficient (Wildman–Crippen LogP) is 3.57. The molecule has 17 heteroatoms. The first kappa shape index (κ1) is 53.1. The molecule has 63 heavy (non-hydrogen) atoms. The number of nitrogens with zero attached hydrogens (tertiary/aromatic N) is 1. The van der Waals surface area contributed by atoms with Gasteiger partial charge in [0.1, 0.15) is 35.1 Å². The normalized spacial score (nSPS) is 43.6. The highest BCUT2D eigenvalue weighted by Gasteiger charge is 2.59. The first-order valence-corrected chi connectivity index (χ1v) is 22.7. The lowest BCUT2D eigenvalue weighted by molar-refractivity contribution is -0.343. The van der Waals surface area contributed by atoms with E-state index >= 15 is 0 Å². The van der Waals surface area contributed by atoms with Crippen LogP contribution in [-0.2, 0) is 38.0 Å². The highest BCUT2D eigenvalue weighted by molar-refractivity contribution is 5.89. The summed E-state index contributed by atoms with van der Waals surface area (Å²) in [6, 6.07) is 7.10. The fraction of sp³-hybridized carbons (Fsp3) is 0.826. The van der Waals surface area contributed by atoms with Gasteiger partial charge in [0.15, 0.2) is 12.6 Å². The molecule has 0 aromatic heterocycles. The second-order valence-electron chi connectivity index (χ2n) is 19.1. The Morgan fingerprint density at radius 2 is 1.62 bits per heavy atom. The summed E-state index contributed by atoms with van der Waals surface area (Å²) in [6.45, 7) is 19.4. The molecule has 17 nitrogen and oxygen atoms in total. The third-order valence-electron chi connectivity index (χ3n) is 13.9. The van der Waals surface area contributed by atoms with Crippen molar-refractivity contribution in [2.75, 3.05) is 39.2 Å². The molecule has 1 aromatic carbocycles. The van der Waals surface area contributed by atoms with Gasteiger partial charge in [0.2, 0.25) is 0 Å². The molecule has 0 unspecified atom stereocenters. The minimum absolute atomic E-state index is 0.00439. The van der Waals surface area contributed by atoms with E-state index in [1.54, 1.807) is 79.8 Å². The van der Waals surface area contributed by atoms with Crippen molar-refractivity contribution in [2.45, 2.75) is 192 Å². The zero-order valence-corrected chi connectivity index (χ0v) is 39.8. The molecule has 3 fully saturated rings. The van der Waals surface area contributed by atoms with Crippen molar-refractivity contribution in [3.8, 4) is 0 Å². The Morgan fingerprint density at radius 1 is 0.968 bits per heavy atom. The lowest BCUT2D eigenvalue weighted by Crippen LogP contribution is -2.68. The number of anilines is 1. The van der Waals surface area contributed by atoms with E-state index in [2.05, 4.69) is 10.6 Å². The third-order valence-corrected chi connectivity index (χ3v) is 13.9. The summed E-state index contributed by atoms with van der Waals surface area (Å²) in [4.78, 5) is 29.3. The molecule has 3 aliphatic rings. The van der Waals surface area contributed by atoms with E-state index < -0.39 is 114 Å². The average molecular weight is 898 g/mol. The molecular formula is C46H79N3O14. The second-order valence-corrected chi connectivity index (χ2v) is 19.1. The van der Waals surface area contributed by atoms with Crippen LogP contribution >= 0.6 is 0 Å². The molecule has 3 aliphatic heterocycles. The number of carbonyl (C=O) groups is 2. The summed E-state index contributed by atoms with van der Waals surface area (Å²) in [5.74, 6) is -3.01. The summed E-state index contributed by atoms with van der Waals surface area (Å²) in [7, 11) is 3.07. The number of nitrogens with one attached hydrogen (secondary N) is 2. The van der Waals surface area contributed by atoms with Crippen molar-refractivity contribution in [3.63, 3.8) is 0 Å². The molecule has 1 aromatic rings. The number of methoxy groups -OCH3 is 1. The van der Waals surface area contributed by atoms with E-state index in [9.17, 15) is 35.1 Å². The van der Waals surface area contributed by atoms with Crippen LogP contribution in [0.3, 0.4) is 0 Å². The molecule has 2 amide bonds. The molecule has 4 rings (SSSR count). The number of aliphatic hydroxyl groups excluding tert-OH is 2. The molecule has 18 atom stereocenters. The predicted molar refractivity (Wildman–Crippen MR) is 235 cm³/mol. The van der Waals surface area contributed by atoms with Crippen molar-refractivity contribution in [2.24, 2.45) is 17.8 Å². The Labute approximate surface area is 374 Å². The number of para-hydroxylation sites is 1. The molecule has 362 valence electrons. The largest absolute Gasteiger partial charge is 0.459 e. The Kier molecular flexibility index (Phi) is 18.4. The standard InChI is InChI=1S/C46H79N3O14/c1-14-34-45(11,55)38(51)30(7)47-24-26(3)22-43(9,54)39(63-41-36(50)33(21-27(4)59-41)49(12)42(53)48-32-19-17-16-18-20-32)28(5)37(29(6)40(52)61-34)62-35-23-44(10,57-13)46(56,25-58-15-2)31(8)60-35/h16-20,26-31,33-39,41,47,50-51,54-56H,14-15,21-25H2,1-13H3,(H,48,53)/t26-,27-,28+,29-,30-,31+,33+,34-,35+,36-,37+,38-,39-,41+,43-,44-,45-,46+/m1/s1. The highest BCUT2D eigenvalue weighted by atomic mass is 16.7. The van der Waals surface area contributed by atoms with Gasteiger partial charge in [-0.25, -0.2) is 4.79 Å². The molecule has 0 aliphatic carbocycles.